The lowest BCUT2D eigenvalue weighted by molar-refractivity contribution is -0.133. The third-order valence-electron chi connectivity index (χ3n) is 5.42. The molecule has 0 aliphatic carbocycles. The Kier molecular flexibility index (Phi) is 7.20. The number of imide groups is 1. The first-order valence-electron chi connectivity index (χ1n) is 10.9. The number of nitrogens with zero attached hydrogens (tertiary/aromatic N) is 1. The van der Waals surface area contributed by atoms with E-state index in [1.54, 1.807) is 23.1 Å². The van der Waals surface area contributed by atoms with Crippen molar-refractivity contribution in [2.24, 2.45) is 0 Å². The van der Waals surface area contributed by atoms with Crippen molar-refractivity contribution < 1.29 is 31.7 Å². The summed E-state index contributed by atoms with van der Waals surface area (Å²) >= 11 is 0. The normalized spacial score (nSPS) is 20.2. The molecule has 33 heavy (non-hydrogen) atoms. The summed E-state index contributed by atoms with van der Waals surface area (Å²) in [6, 6.07) is 4.49. The molecule has 11 heteroatoms. The fraction of sp³-hybridized carbons (Fsp3) is 0.591. The largest absolute Gasteiger partial charge is 0.444 e. The second-order valence-corrected chi connectivity index (χ2v) is 11.0. The predicted molar refractivity (Wildman–Crippen MR) is 121 cm³/mol. The van der Waals surface area contributed by atoms with Gasteiger partial charge in [-0.2, -0.15) is 8.42 Å². The number of rotatable bonds is 5. The van der Waals surface area contributed by atoms with Crippen molar-refractivity contribution in [1.82, 2.24) is 10.2 Å². The van der Waals surface area contributed by atoms with Gasteiger partial charge in [0.05, 0.1) is 6.26 Å². The van der Waals surface area contributed by atoms with Gasteiger partial charge in [-0.3, -0.25) is 14.9 Å². The van der Waals surface area contributed by atoms with Crippen molar-refractivity contribution in [1.29, 1.82) is 0 Å². The summed E-state index contributed by atoms with van der Waals surface area (Å²) in [5.41, 5.74) is 0.659. The topological polar surface area (TPSA) is 131 Å². The minimum atomic E-state index is -3.79. The predicted octanol–water partition coefficient (Wildman–Crippen LogP) is 2.36. The van der Waals surface area contributed by atoms with Crippen LogP contribution in [0.25, 0.3) is 0 Å². The van der Waals surface area contributed by atoms with E-state index in [0.29, 0.717) is 38.0 Å². The number of ether oxygens (including phenoxy) is 1. The molecule has 1 aromatic carbocycles. The van der Waals surface area contributed by atoms with E-state index in [2.05, 4.69) is 10.6 Å². The Bertz CT molecular complexity index is 1020. The summed E-state index contributed by atoms with van der Waals surface area (Å²) in [7, 11) is -3.79. The molecule has 0 aromatic heterocycles. The summed E-state index contributed by atoms with van der Waals surface area (Å²) in [5, 5.41) is 5.33. The first-order valence-corrected chi connectivity index (χ1v) is 12.7. The van der Waals surface area contributed by atoms with Gasteiger partial charge in [-0.05, 0) is 57.6 Å². The van der Waals surface area contributed by atoms with Gasteiger partial charge in [-0.15, -0.1) is 0 Å². The highest BCUT2D eigenvalue weighted by Crippen LogP contribution is 2.37. The van der Waals surface area contributed by atoms with E-state index < -0.39 is 27.7 Å². The standard InChI is InChI=1S/C22H31N3O7S/c1-22(2,3)31-21(28)25-11-9-14(10-12-25)16-6-5-15(13-18(16)32-33(4,29)30)23-17-7-8-19(26)24-20(17)27/h5-6,13-14,17,23H,7-12H2,1-4H3,(H,24,26,27). The molecule has 2 N–H and O–H groups in total. The monoisotopic (exact) mass is 481 g/mol. The lowest BCUT2D eigenvalue weighted by Gasteiger charge is -2.34. The second-order valence-electron chi connectivity index (χ2n) is 9.43. The maximum atomic E-state index is 12.3. The molecule has 3 amide bonds. The molecule has 2 heterocycles. The number of nitrogens with one attached hydrogen (secondary N) is 2. The van der Waals surface area contributed by atoms with Crippen LogP contribution in [0.1, 0.15) is 57.9 Å². The van der Waals surface area contributed by atoms with E-state index in [9.17, 15) is 22.8 Å². The van der Waals surface area contributed by atoms with Gasteiger partial charge in [-0.1, -0.05) is 6.07 Å². The van der Waals surface area contributed by atoms with Crippen LogP contribution in [0.2, 0.25) is 0 Å². The van der Waals surface area contributed by atoms with Crippen LogP contribution in [0.5, 0.6) is 5.75 Å². The first kappa shape index (κ1) is 24.8. The van der Waals surface area contributed by atoms with Crippen LogP contribution in [-0.4, -0.2) is 62.2 Å². The minimum absolute atomic E-state index is 0.00918. The molecule has 2 saturated heterocycles. The average molecular weight is 482 g/mol. The smallest absolute Gasteiger partial charge is 0.410 e. The van der Waals surface area contributed by atoms with Crippen molar-refractivity contribution in [3.63, 3.8) is 0 Å². The SMILES string of the molecule is CC(C)(C)OC(=O)N1CCC(c2ccc(NC3CCC(=O)NC3=O)cc2OS(C)(=O)=O)CC1. The highest BCUT2D eigenvalue weighted by Gasteiger charge is 2.30. The third-order valence-corrected chi connectivity index (χ3v) is 5.90. The van der Waals surface area contributed by atoms with Crippen molar-refractivity contribution in [3.05, 3.63) is 23.8 Å². The first-order chi connectivity index (χ1) is 15.3. The summed E-state index contributed by atoms with van der Waals surface area (Å²) in [4.78, 5) is 37.4. The van der Waals surface area contributed by atoms with Gasteiger partial charge in [0.1, 0.15) is 17.4 Å². The van der Waals surface area contributed by atoms with Gasteiger partial charge < -0.3 is 19.1 Å². The highest BCUT2D eigenvalue weighted by molar-refractivity contribution is 7.86. The summed E-state index contributed by atoms with van der Waals surface area (Å²) < 4.78 is 34.5. The van der Waals surface area contributed by atoms with Gasteiger partial charge in [0.15, 0.2) is 0 Å². The fourth-order valence-electron chi connectivity index (χ4n) is 3.93. The molecule has 2 aliphatic rings. The van der Waals surface area contributed by atoms with Gasteiger partial charge in [-0.25, -0.2) is 4.79 Å². The number of hydrogen-bond acceptors (Lipinski definition) is 8. The molecular formula is C22H31N3O7S. The summed E-state index contributed by atoms with van der Waals surface area (Å²) in [5.74, 6) is -0.557. The van der Waals surface area contributed by atoms with Crippen molar-refractivity contribution in [2.75, 3.05) is 24.7 Å². The third kappa shape index (κ3) is 7.08. The molecule has 1 unspecified atom stereocenters. The lowest BCUT2D eigenvalue weighted by Crippen LogP contribution is -2.47. The Labute approximate surface area is 194 Å². The van der Waals surface area contributed by atoms with Crippen LogP contribution >= 0.6 is 0 Å². The van der Waals surface area contributed by atoms with Crippen LogP contribution in [-0.2, 0) is 24.4 Å². The van der Waals surface area contributed by atoms with Gasteiger partial charge in [0.25, 0.3) is 0 Å². The van der Waals surface area contributed by atoms with Crippen LogP contribution in [0.3, 0.4) is 0 Å². The van der Waals surface area contributed by atoms with E-state index in [1.165, 1.54) is 0 Å². The molecule has 3 rings (SSSR count). The van der Waals surface area contributed by atoms with E-state index in [4.69, 9.17) is 8.92 Å². The zero-order valence-corrected chi connectivity index (χ0v) is 20.2. The maximum Gasteiger partial charge on any atom is 0.410 e. The Morgan fingerprint density at radius 3 is 2.39 bits per heavy atom. The second kappa shape index (κ2) is 9.58. The van der Waals surface area contributed by atoms with E-state index in [1.807, 2.05) is 20.8 Å². The Morgan fingerprint density at radius 2 is 1.82 bits per heavy atom. The number of benzene rings is 1. The molecule has 2 fully saturated rings. The summed E-state index contributed by atoms with van der Waals surface area (Å²) in [6.07, 6.45) is 2.43. The van der Waals surface area contributed by atoms with Gasteiger partial charge in [0, 0.05) is 31.3 Å². The number of hydrogen-bond donors (Lipinski definition) is 2. The van der Waals surface area contributed by atoms with Crippen molar-refractivity contribution in [3.8, 4) is 5.75 Å². The molecule has 10 nitrogen and oxygen atoms in total. The molecule has 1 aromatic rings. The number of likely N-dealkylation sites (tertiary alicyclic amines) is 1. The molecule has 0 spiro atoms. The van der Waals surface area contributed by atoms with Crippen LogP contribution in [0.15, 0.2) is 18.2 Å². The van der Waals surface area contributed by atoms with E-state index >= 15 is 0 Å². The zero-order chi connectivity index (χ0) is 24.4. The van der Waals surface area contributed by atoms with Crippen LogP contribution in [0.4, 0.5) is 10.5 Å². The zero-order valence-electron chi connectivity index (χ0n) is 19.3. The fourth-order valence-corrected chi connectivity index (χ4v) is 4.40. The number of carbonyl (C=O) groups is 3. The molecule has 182 valence electrons. The van der Waals surface area contributed by atoms with Crippen molar-refractivity contribution in [2.45, 2.75) is 64.0 Å². The minimum Gasteiger partial charge on any atom is -0.444 e. The molecule has 0 bridgehead atoms. The van der Waals surface area contributed by atoms with Crippen LogP contribution < -0.4 is 14.8 Å². The molecule has 1 atom stereocenters. The molecule has 2 aliphatic heterocycles. The number of amides is 3. The van der Waals surface area contributed by atoms with Gasteiger partial charge in [0.2, 0.25) is 11.8 Å². The highest BCUT2D eigenvalue weighted by atomic mass is 32.2. The molecule has 0 radical (unpaired) electrons. The Balaban J connectivity index is 1.74. The maximum absolute atomic E-state index is 12.3. The Hall–Kier alpha value is -2.82. The summed E-state index contributed by atoms with van der Waals surface area (Å²) in [6.45, 7) is 6.41. The molecular weight excluding hydrogens is 450 g/mol. The number of carbonyl (C=O) groups excluding carboxylic acids is 3. The lowest BCUT2D eigenvalue weighted by atomic mass is 9.88. The number of piperidine rings is 2. The van der Waals surface area contributed by atoms with Crippen LogP contribution in [0, 0.1) is 0 Å². The van der Waals surface area contributed by atoms with Gasteiger partial charge >= 0.3 is 16.2 Å². The van der Waals surface area contributed by atoms with E-state index in [-0.39, 0.29) is 30.1 Å². The quantitative estimate of drug-likeness (QED) is 0.484. The Morgan fingerprint density at radius 1 is 1.15 bits per heavy atom. The average Bonchev–Trinajstić information content (AvgIpc) is 2.68. The number of anilines is 1. The molecule has 0 saturated carbocycles. The van der Waals surface area contributed by atoms with E-state index in [0.717, 1.165) is 11.8 Å². The van der Waals surface area contributed by atoms with Crippen molar-refractivity contribution >= 4 is 33.7 Å².